The third-order valence-electron chi connectivity index (χ3n) is 4.28. The zero-order valence-corrected chi connectivity index (χ0v) is 15.1. The lowest BCUT2D eigenvalue weighted by Gasteiger charge is -2.29. The van der Waals surface area contributed by atoms with E-state index in [1.54, 1.807) is 0 Å². The number of benzene rings is 1. The van der Waals surface area contributed by atoms with Crippen LogP contribution in [0.2, 0.25) is 0 Å². The number of nitrogens with zero attached hydrogens (tertiary/aromatic N) is 2. The number of amides is 1. The van der Waals surface area contributed by atoms with Crippen LogP contribution >= 0.6 is 0 Å². The van der Waals surface area contributed by atoms with Gasteiger partial charge >= 0.3 is 0 Å². The second kappa shape index (κ2) is 7.93. The van der Waals surface area contributed by atoms with E-state index in [4.69, 9.17) is 0 Å². The highest BCUT2D eigenvalue weighted by atomic mass is 16.2. The molecule has 1 fully saturated rings. The Labute approximate surface area is 140 Å². The van der Waals surface area contributed by atoms with E-state index in [-0.39, 0.29) is 11.3 Å². The molecule has 2 rings (SSSR count). The zero-order chi connectivity index (χ0) is 16.9. The summed E-state index contributed by atoms with van der Waals surface area (Å²) in [4.78, 5) is 17.1. The molecule has 4 heteroatoms. The largest absolute Gasteiger partial charge is 0.340 e. The van der Waals surface area contributed by atoms with E-state index in [2.05, 4.69) is 37.1 Å². The lowest BCUT2D eigenvalue weighted by Crippen LogP contribution is -2.46. The fraction of sp³-hybridized carbons (Fsp3) is 0.632. The number of carbonyl (C=O) groups excluding carboxylic acids is 1. The van der Waals surface area contributed by atoms with Gasteiger partial charge in [-0.25, -0.2) is 0 Å². The van der Waals surface area contributed by atoms with E-state index in [0.717, 1.165) is 56.8 Å². The highest BCUT2D eigenvalue weighted by Gasteiger charge is 2.20. The van der Waals surface area contributed by atoms with Gasteiger partial charge in [0.2, 0.25) is 0 Å². The molecule has 0 aliphatic carbocycles. The van der Waals surface area contributed by atoms with Gasteiger partial charge in [-0.05, 0) is 23.5 Å². The highest BCUT2D eigenvalue weighted by molar-refractivity contribution is 5.95. The van der Waals surface area contributed by atoms with E-state index < -0.39 is 0 Å². The maximum Gasteiger partial charge on any atom is 0.253 e. The average molecular weight is 317 g/mol. The molecule has 1 aliphatic heterocycles. The van der Waals surface area contributed by atoms with Crippen LogP contribution in [0.4, 0.5) is 0 Å². The standard InChI is InChI=1S/C19H31N3O/c1-19(2,3)15-16-7-5-6-8-17(16)18(23)21(4)13-14-22-11-9-20-10-12-22/h5-8,20H,9-15H2,1-4H3. The van der Waals surface area contributed by atoms with E-state index in [9.17, 15) is 4.79 Å². The summed E-state index contributed by atoms with van der Waals surface area (Å²) in [7, 11) is 1.92. The summed E-state index contributed by atoms with van der Waals surface area (Å²) in [6, 6.07) is 8.04. The van der Waals surface area contributed by atoms with Crippen molar-refractivity contribution in [2.45, 2.75) is 27.2 Å². The molecule has 1 aliphatic rings. The number of likely N-dealkylation sites (N-methyl/N-ethyl adjacent to an activating group) is 1. The van der Waals surface area contributed by atoms with Crippen molar-refractivity contribution in [3.05, 3.63) is 35.4 Å². The molecule has 1 aromatic rings. The molecule has 1 heterocycles. The van der Waals surface area contributed by atoms with Crippen molar-refractivity contribution in [2.75, 3.05) is 46.3 Å². The van der Waals surface area contributed by atoms with Crippen LogP contribution < -0.4 is 5.32 Å². The van der Waals surface area contributed by atoms with Crippen LogP contribution in [-0.2, 0) is 6.42 Å². The molecule has 1 aromatic carbocycles. The van der Waals surface area contributed by atoms with Gasteiger partial charge in [-0.1, -0.05) is 39.0 Å². The maximum atomic E-state index is 12.8. The predicted octanol–water partition coefficient (Wildman–Crippen LogP) is 2.25. The Balaban J connectivity index is 1.98. The first-order valence-corrected chi connectivity index (χ1v) is 8.63. The van der Waals surface area contributed by atoms with Gasteiger partial charge in [0.05, 0.1) is 0 Å². The number of carbonyl (C=O) groups is 1. The minimum Gasteiger partial charge on any atom is -0.340 e. The summed E-state index contributed by atoms with van der Waals surface area (Å²) in [6.45, 7) is 12.6. The smallest absolute Gasteiger partial charge is 0.253 e. The van der Waals surface area contributed by atoms with Crippen molar-refractivity contribution in [3.63, 3.8) is 0 Å². The molecule has 0 spiro atoms. The van der Waals surface area contributed by atoms with Crippen LogP contribution in [0.1, 0.15) is 36.7 Å². The van der Waals surface area contributed by atoms with Crippen molar-refractivity contribution >= 4 is 5.91 Å². The second-order valence-corrected chi connectivity index (χ2v) is 7.71. The third kappa shape index (κ3) is 5.63. The Kier molecular flexibility index (Phi) is 6.19. The molecule has 0 radical (unpaired) electrons. The van der Waals surface area contributed by atoms with Crippen LogP contribution in [0, 0.1) is 5.41 Å². The zero-order valence-electron chi connectivity index (χ0n) is 15.1. The summed E-state index contributed by atoms with van der Waals surface area (Å²) in [5.74, 6) is 0.139. The van der Waals surface area contributed by atoms with E-state index in [1.165, 1.54) is 0 Å². The molecule has 1 saturated heterocycles. The van der Waals surface area contributed by atoms with Gasteiger partial charge in [0.15, 0.2) is 0 Å². The molecule has 128 valence electrons. The number of hydrogen-bond acceptors (Lipinski definition) is 3. The third-order valence-corrected chi connectivity index (χ3v) is 4.28. The molecular formula is C19H31N3O. The van der Waals surface area contributed by atoms with Gasteiger partial charge < -0.3 is 10.2 Å². The highest BCUT2D eigenvalue weighted by Crippen LogP contribution is 2.23. The van der Waals surface area contributed by atoms with Crippen molar-refractivity contribution in [3.8, 4) is 0 Å². The first-order valence-electron chi connectivity index (χ1n) is 8.63. The molecule has 0 saturated carbocycles. The first kappa shape index (κ1) is 18.0. The Morgan fingerprint density at radius 3 is 2.52 bits per heavy atom. The van der Waals surface area contributed by atoms with Gasteiger partial charge in [0, 0.05) is 51.9 Å². The lowest BCUT2D eigenvalue weighted by molar-refractivity contribution is 0.0773. The molecule has 0 bridgehead atoms. The minimum atomic E-state index is 0.139. The molecule has 1 amide bonds. The molecular weight excluding hydrogens is 286 g/mol. The molecule has 4 nitrogen and oxygen atoms in total. The molecule has 0 unspecified atom stereocenters. The van der Waals surface area contributed by atoms with E-state index in [0.29, 0.717) is 0 Å². The molecule has 0 aromatic heterocycles. The Morgan fingerprint density at radius 2 is 1.87 bits per heavy atom. The van der Waals surface area contributed by atoms with Gasteiger partial charge in [-0.15, -0.1) is 0 Å². The maximum absolute atomic E-state index is 12.8. The summed E-state index contributed by atoms with van der Waals surface area (Å²) < 4.78 is 0. The van der Waals surface area contributed by atoms with E-state index in [1.807, 2.05) is 30.1 Å². The van der Waals surface area contributed by atoms with Gasteiger partial charge in [-0.2, -0.15) is 0 Å². The van der Waals surface area contributed by atoms with E-state index >= 15 is 0 Å². The monoisotopic (exact) mass is 317 g/mol. The first-order chi connectivity index (χ1) is 10.9. The fourth-order valence-corrected chi connectivity index (χ4v) is 2.99. The summed E-state index contributed by atoms with van der Waals surface area (Å²) in [5.41, 5.74) is 2.18. The van der Waals surface area contributed by atoms with Crippen molar-refractivity contribution in [1.29, 1.82) is 0 Å². The van der Waals surface area contributed by atoms with Crippen LogP contribution in [0.5, 0.6) is 0 Å². The Bertz CT molecular complexity index is 516. The SMILES string of the molecule is CN(CCN1CCNCC1)C(=O)c1ccccc1CC(C)(C)C. The molecule has 23 heavy (non-hydrogen) atoms. The second-order valence-electron chi connectivity index (χ2n) is 7.71. The summed E-state index contributed by atoms with van der Waals surface area (Å²) in [5, 5.41) is 3.36. The summed E-state index contributed by atoms with van der Waals surface area (Å²) >= 11 is 0. The summed E-state index contributed by atoms with van der Waals surface area (Å²) in [6.07, 6.45) is 0.917. The van der Waals surface area contributed by atoms with Crippen LogP contribution in [-0.4, -0.2) is 62.0 Å². The van der Waals surface area contributed by atoms with Gasteiger partial charge in [0.25, 0.3) is 5.91 Å². The number of rotatable bonds is 5. The van der Waals surface area contributed by atoms with Crippen LogP contribution in [0.15, 0.2) is 24.3 Å². The quantitative estimate of drug-likeness (QED) is 0.905. The molecule has 0 atom stereocenters. The average Bonchev–Trinajstić information content (AvgIpc) is 2.52. The fourth-order valence-electron chi connectivity index (χ4n) is 2.99. The van der Waals surface area contributed by atoms with Crippen molar-refractivity contribution in [1.82, 2.24) is 15.1 Å². The lowest BCUT2D eigenvalue weighted by atomic mass is 9.86. The number of piperazine rings is 1. The van der Waals surface area contributed by atoms with Gasteiger partial charge in [0.1, 0.15) is 0 Å². The van der Waals surface area contributed by atoms with Crippen molar-refractivity contribution in [2.24, 2.45) is 5.41 Å². The Morgan fingerprint density at radius 1 is 1.22 bits per heavy atom. The van der Waals surface area contributed by atoms with Crippen LogP contribution in [0.25, 0.3) is 0 Å². The number of hydrogen-bond donors (Lipinski definition) is 1. The predicted molar refractivity (Wildman–Crippen MR) is 95.9 cm³/mol. The van der Waals surface area contributed by atoms with Gasteiger partial charge in [-0.3, -0.25) is 9.69 Å². The number of nitrogens with one attached hydrogen (secondary N) is 1. The van der Waals surface area contributed by atoms with Crippen LogP contribution in [0.3, 0.4) is 0 Å². The van der Waals surface area contributed by atoms with Crippen molar-refractivity contribution < 1.29 is 4.79 Å². The normalized spacial score (nSPS) is 16.3. The minimum absolute atomic E-state index is 0.139. The molecule has 1 N–H and O–H groups in total. The Hall–Kier alpha value is -1.39. The topological polar surface area (TPSA) is 35.6 Å².